The third-order valence-electron chi connectivity index (χ3n) is 3.30. The van der Waals surface area contributed by atoms with Crippen molar-refractivity contribution in [2.24, 2.45) is 0 Å². The molecule has 0 radical (unpaired) electrons. The fourth-order valence-electron chi connectivity index (χ4n) is 2.35. The molecule has 1 saturated heterocycles. The second-order valence-electron chi connectivity index (χ2n) is 6.17. The molecule has 1 aromatic rings. The molecular formula is C15H21N3O4. The van der Waals surface area contributed by atoms with E-state index in [0.717, 1.165) is 12.8 Å². The lowest BCUT2D eigenvalue weighted by atomic mass is 10.1. The number of esters is 1. The van der Waals surface area contributed by atoms with Gasteiger partial charge in [-0.1, -0.05) is 0 Å². The van der Waals surface area contributed by atoms with Crippen LogP contribution in [0.25, 0.3) is 0 Å². The molecule has 1 amide bonds. The highest BCUT2D eigenvalue weighted by atomic mass is 16.6. The number of hydrogen-bond donors (Lipinski definition) is 0. The normalized spacial score (nSPS) is 18.2. The summed E-state index contributed by atoms with van der Waals surface area (Å²) in [7, 11) is 1.29. The third kappa shape index (κ3) is 3.72. The monoisotopic (exact) mass is 307 g/mol. The molecule has 120 valence electrons. The van der Waals surface area contributed by atoms with Crippen molar-refractivity contribution in [3.63, 3.8) is 0 Å². The predicted molar refractivity (Wildman–Crippen MR) is 78.3 cm³/mol. The molecule has 7 heteroatoms. The minimum Gasteiger partial charge on any atom is -0.464 e. The Morgan fingerprint density at radius 3 is 2.55 bits per heavy atom. The molecule has 2 heterocycles. The van der Waals surface area contributed by atoms with Gasteiger partial charge in [0, 0.05) is 6.54 Å². The number of amides is 1. The van der Waals surface area contributed by atoms with Gasteiger partial charge in [-0.25, -0.2) is 9.59 Å². The van der Waals surface area contributed by atoms with E-state index in [2.05, 4.69) is 14.9 Å². The van der Waals surface area contributed by atoms with E-state index in [1.807, 2.05) is 20.8 Å². The first-order valence-electron chi connectivity index (χ1n) is 7.23. The van der Waals surface area contributed by atoms with Crippen LogP contribution >= 0.6 is 0 Å². The van der Waals surface area contributed by atoms with Crippen molar-refractivity contribution in [2.45, 2.75) is 45.3 Å². The summed E-state index contributed by atoms with van der Waals surface area (Å²) in [6.45, 7) is 6.13. The number of aromatic nitrogens is 2. The van der Waals surface area contributed by atoms with Gasteiger partial charge in [-0.2, -0.15) is 5.10 Å². The van der Waals surface area contributed by atoms with Crippen molar-refractivity contribution in [3.8, 4) is 0 Å². The highest BCUT2D eigenvalue weighted by Crippen LogP contribution is 2.31. The van der Waals surface area contributed by atoms with Crippen LogP contribution in [-0.4, -0.2) is 46.4 Å². The van der Waals surface area contributed by atoms with E-state index in [-0.39, 0.29) is 17.8 Å². The number of nitrogens with zero attached hydrogens (tertiary/aromatic N) is 3. The summed E-state index contributed by atoms with van der Waals surface area (Å²) in [6, 6.07) is 3.08. The molecule has 0 N–H and O–H groups in total. The first-order chi connectivity index (χ1) is 10.3. The molecule has 0 saturated carbocycles. The third-order valence-corrected chi connectivity index (χ3v) is 3.30. The van der Waals surface area contributed by atoms with Gasteiger partial charge in [0.2, 0.25) is 0 Å². The number of rotatable bonds is 2. The van der Waals surface area contributed by atoms with Crippen molar-refractivity contribution in [2.75, 3.05) is 13.7 Å². The molecule has 1 unspecified atom stereocenters. The summed E-state index contributed by atoms with van der Waals surface area (Å²) in [6.07, 6.45) is 1.32. The molecule has 0 bridgehead atoms. The number of methoxy groups -OCH3 is 1. The number of carbonyl (C=O) groups excluding carboxylic acids is 2. The number of ether oxygens (including phenoxy) is 2. The topological polar surface area (TPSA) is 81.6 Å². The SMILES string of the molecule is COC(=O)c1ccc(C2CCCN2C(=O)OC(C)(C)C)nn1. The van der Waals surface area contributed by atoms with E-state index >= 15 is 0 Å². The molecule has 2 rings (SSSR count). The summed E-state index contributed by atoms with van der Waals surface area (Å²) in [4.78, 5) is 25.3. The lowest BCUT2D eigenvalue weighted by Crippen LogP contribution is -2.36. The summed E-state index contributed by atoms with van der Waals surface area (Å²) in [5.41, 5.74) is 0.258. The van der Waals surface area contributed by atoms with Crippen molar-refractivity contribution < 1.29 is 19.1 Å². The van der Waals surface area contributed by atoms with Crippen LogP contribution in [-0.2, 0) is 9.47 Å². The average Bonchev–Trinajstić information content (AvgIpc) is 2.94. The minimum absolute atomic E-state index is 0.146. The van der Waals surface area contributed by atoms with Crippen LogP contribution in [0.2, 0.25) is 0 Å². The van der Waals surface area contributed by atoms with E-state index in [4.69, 9.17) is 4.74 Å². The zero-order valence-electron chi connectivity index (χ0n) is 13.3. The lowest BCUT2D eigenvalue weighted by Gasteiger charge is -2.28. The van der Waals surface area contributed by atoms with Gasteiger partial charge in [-0.15, -0.1) is 5.10 Å². The van der Waals surface area contributed by atoms with Gasteiger partial charge >= 0.3 is 12.1 Å². The van der Waals surface area contributed by atoms with E-state index in [9.17, 15) is 9.59 Å². The van der Waals surface area contributed by atoms with Crippen LogP contribution in [0.5, 0.6) is 0 Å². The molecule has 7 nitrogen and oxygen atoms in total. The summed E-state index contributed by atoms with van der Waals surface area (Å²) >= 11 is 0. The Morgan fingerprint density at radius 2 is 2.00 bits per heavy atom. The molecule has 1 fully saturated rings. The Morgan fingerprint density at radius 1 is 1.27 bits per heavy atom. The first-order valence-corrected chi connectivity index (χ1v) is 7.23. The molecule has 1 aliphatic rings. The minimum atomic E-state index is -0.537. The predicted octanol–water partition coefficient (Wildman–Crippen LogP) is 2.34. The quantitative estimate of drug-likeness (QED) is 0.780. The van der Waals surface area contributed by atoms with Gasteiger partial charge in [0.15, 0.2) is 5.69 Å². The van der Waals surface area contributed by atoms with Gasteiger partial charge < -0.3 is 9.47 Å². The zero-order chi connectivity index (χ0) is 16.3. The second-order valence-corrected chi connectivity index (χ2v) is 6.17. The van der Waals surface area contributed by atoms with Gasteiger partial charge in [-0.3, -0.25) is 4.90 Å². The van der Waals surface area contributed by atoms with Gasteiger partial charge in [0.25, 0.3) is 0 Å². The van der Waals surface area contributed by atoms with Crippen LogP contribution in [0.1, 0.15) is 55.8 Å². The zero-order valence-corrected chi connectivity index (χ0v) is 13.3. The summed E-state index contributed by atoms with van der Waals surface area (Å²) in [5.74, 6) is -0.533. The largest absolute Gasteiger partial charge is 0.464 e. The van der Waals surface area contributed by atoms with Gasteiger partial charge in [0.05, 0.1) is 18.8 Å². The number of carbonyl (C=O) groups is 2. The summed E-state index contributed by atoms with van der Waals surface area (Å²) in [5, 5.41) is 7.92. The van der Waals surface area contributed by atoms with Crippen molar-refractivity contribution in [1.29, 1.82) is 0 Å². The lowest BCUT2D eigenvalue weighted by molar-refractivity contribution is 0.0220. The van der Waals surface area contributed by atoms with Crippen LogP contribution in [0.3, 0.4) is 0 Å². The second kappa shape index (κ2) is 6.29. The van der Waals surface area contributed by atoms with E-state index in [1.54, 1.807) is 17.0 Å². The standard InChI is InChI=1S/C15H21N3O4/c1-15(2,3)22-14(20)18-9-5-6-12(18)10-7-8-11(17-16-10)13(19)21-4/h7-8,12H,5-6,9H2,1-4H3. The smallest absolute Gasteiger partial charge is 0.410 e. The average molecular weight is 307 g/mol. The highest BCUT2D eigenvalue weighted by Gasteiger charge is 2.34. The molecule has 0 aliphatic carbocycles. The molecule has 0 aromatic carbocycles. The van der Waals surface area contributed by atoms with Crippen molar-refractivity contribution >= 4 is 12.1 Å². The van der Waals surface area contributed by atoms with Crippen LogP contribution in [0.4, 0.5) is 4.79 Å². The highest BCUT2D eigenvalue weighted by molar-refractivity contribution is 5.86. The Hall–Kier alpha value is -2.18. The van der Waals surface area contributed by atoms with Crippen LogP contribution in [0, 0.1) is 0 Å². The Labute approximate surface area is 129 Å². The van der Waals surface area contributed by atoms with E-state index < -0.39 is 11.6 Å². The fraction of sp³-hybridized carbons (Fsp3) is 0.600. The Balaban J connectivity index is 2.13. The molecular weight excluding hydrogens is 286 g/mol. The Kier molecular flexibility index (Phi) is 4.63. The summed E-state index contributed by atoms with van der Waals surface area (Å²) < 4.78 is 10.0. The maximum Gasteiger partial charge on any atom is 0.410 e. The molecule has 1 atom stereocenters. The molecule has 1 aliphatic heterocycles. The number of hydrogen-bond acceptors (Lipinski definition) is 6. The molecule has 0 spiro atoms. The maximum absolute atomic E-state index is 12.2. The molecule has 22 heavy (non-hydrogen) atoms. The maximum atomic E-state index is 12.2. The van der Waals surface area contributed by atoms with Crippen LogP contribution in [0.15, 0.2) is 12.1 Å². The van der Waals surface area contributed by atoms with Crippen LogP contribution < -0.4 is 0 Å². The van der Waals surface area contributed by atoms with Gasteiger partial charge in [-0.05, 0) is 45.7 Å². The van der Waals surface area contributed by atoms with Crippen molar-refractivity contribution in [3.05, 3.63) is 23.5 Å². The number of likely N-dealkylation sites (tertiary alicyclic amines) is 1. The van der Waals surface area contributed by atoms with E-state index in [1.165, 1.54) is 7.11 Å². The van der Waals surface area contributed by atoms with Gasteiger partial charge in [0.1, 0.15) is 5.60 Å². The van der Waals surface area contributed by atoms with E-state index in [0.29, 0.717) is 12.2 Å². The molecule has 1 aromatic heterocycles. The Bertz CT molecular complexity index is 551. The fourth-order valence-corrected chi connectivity index (χ4v) is 2.35. The first kappa shape index (κ1) is 16.2. The van der Waals surface area contributed by atoms with Crippen molar-refractivity contribution in [1.82, 2.24) is 15.1 Å².